The van der Waals surface area contributed by atoms with E-state index in [0.717, 1.165) is 12.8 Å². The van der Waals surface area contributed by atoms with Crippen LogP contribution in [0, 0.1) is 0 Å². The van der Waals surface area contributed by atoms with Crippen molar-refractivity contribution in [3.63, 3.8) is 0 Å². The lowest BCUT2D eigenvalue weighted by Gasteiger charge is -2.24. The molecule has 0 saturated carbocycles. The summed E-state index contributed by atoms with van der Waals surface area (Å²) in [4.78, 5) is 23.9. The zero-order valence-corrected chi connectivity index (χ0v) is 12.3. The Morgan fingerprint density at radius 3 is 2.42 bits per heavy atom. The molecule has 0 fully saturated rings. The van der Waals surface area contributed by atoms with Crippen molar-refractivity contribution >= 4 is 12.0 Å². The molecular formula is C13H26N2O4. The lowest BCUT2D eigenvalue weighted by atomic mass is 10.2. The number of amides is 2. The third kappa shape index (κ3) is 7.66. The highest BCUT2D eigenvalue weighted by Gasteiger charge is 2.24. The van der Waals surface area contributed by atoms with Gasteiger partial charge in [-0.05, 0) is 33.1 Å². The van der Waals surface area contributed by atoms with Gasteiger partial charge < -0.3 is 20.1 Å². The zero-order valence-electron chi connectivity index (χ0n) is 12.3. The van der Waals surface area contributed by atoms with Crippen LogP contribution in [0.5, 0.6) is 0 Å². The Morgan fingerprint density at radius 1 is 1.32 bits per heavy atom. The Balaban J connectivity index is 3.82. The van der Waals surface area contributed by atoms with Gasteiger partial charge in [-0.1, -0.05) is 6.92 Å². The number of nitrogens with zero attached hydrogens (tertiary/aromatic N) is 1. The average Bonchev–Trinajstić information content (AvgIpc) is 2.33. The van der Waals surface area contributed by atoms with Crippen LogP contribution >= 0.6 is 0 Å². The predicted octanol–water partition coefficient (Wildman–Crippen LogP) is 1.70. The molecule has 0 aromatic carbocycles. The molecule has 0 aliphatic rings. The highest BCUT2D eigenvalue weighted by atomic mass is 16.5. The van der Waals surface area contributed by atoms with E-state index >= 15 is 0 Å². The normalized spacial score (nSPS) is 12.3. The van der Waals surface area contributed by atoms with Crippen LogP contribution in [0.15, 0.2) is 0 Å². The molecule has 0 aromatic heterocycles. The number of carboxylic acids is 1. The second-order valence-electron chi connectivity index (χ2n) is 4.73. The molecule has 1 unspecified atom stereocenters. The first kappa shape index (κ1) is 17.7. The van der Waals surface area contributed by atoms with Crippen LogP contribution in [-0.4, -0.2) is 54.4 Å². The molecule has 0 aromatic rings. The van der Waals surface area contributed by atoms with Gasteiger partial charge in [0, 0.05) is 20.2 Å². The molecule has 0 bridgehead atoms. The van der Waals surface area contributed by atoms with Crippen LogP contribution in [0.4, 0.5) is 4.79 Å². The monoisotopic (exact) mass is 274 g/mol. The zero-order chi connectivity index (χ0) is 14.8. The second kappa shape index (κ2) is 9.61. The average molecular weight is 274 g/mol. The Bertz CT molecular complexity index is 282. The van der Waals surface area contributed by atoms with Crippen molar-refractivity contribution in [1.29, 1.82) is 0 Å². The van der Waals surface area contributed by atoms with E-state index in [9.17, 15) is 9.59 Å². The Morgan fingerprint density at radius 2 is 1.95 bits per heavy atom. The molecule has 0 aliphatic heterocycles. The molecule has 6 nitrogen and oxygen atoms in total. The van der Waals surface area contributed by atoms with E-state index in [4.69, 9.17) is 9.84 Å². The van der Waals surface area contributed by atoms with Gasteiger partial charge in [0.2, 0.25) is 0 Å². The molecular weight excluding hydrogens is 248 g/mol. The largest absolute Gasteiger partial charge is 0.480 e. The minimum absolute atomic E-state index is 0.224. The Labute approximate surface area is 115 Å². The summed E-state index contributed by atoms with van der Waals surface area (Å²) < 4.78 is 5.38. The number of unbranched alkanes of at least 4 members (excludes halogenated alkanes) is 1. The number of rotatable bonds is 9. The Kier molecular flexibility index (Phi) is 8.95. The van der Waals surface area contributed by atoms with E-state index in [1.165, 1.54) is 11.9 Å². The van der Waals surface area contributed by atoms with E-state index in [0.29, 0.717) is 19.6 Å². The maximum atomic E-state index is 11.7. The summed E-state index contributed by atoms with van der Waals surface area (Å²) in [6.07, 6.45) is 2.30. The fourth-order valence-electron chi connectivity index (χ4n) is 1.62. The van der Waals surface area contributed by atoms with Gasteiger partial charge in [0.05, 0.1) is 6.10 Å². The minimum Gasteiger partial charge on any atom is -0.480 e. The molecule has 2 N–H and O–H groups in total. The number of nitrogens with one attached hydrogen (secondary N) is 1. The second-order valence-corrected chi connectivity index (χ2v) is 4.73. The highest BCUT2D eigenvalue weighted by Crippen LogP contribution is 2.02. The van der Waals surface area contributed by atoms with Crippen LogP contribution in [0.3, 0.4) is 0 Å². The SMILES string of the molecule is CCC(C(=O)O)N(C)C(=O)NCCCCOC(C)C. The van der Waals surface area contributed by atoms with E-state index in [-0.39, 0.29) is 12.1 Å². The van der Waals surface area contributed by atoms with E-state index in [2.05, 4.69) is 5.32 Å². The van der Waals surface area contributed by atoms with Gasteiger partial charge in [-0.3, -0.25) is 0 Å². The summed E-state index contributed by atoms with van der Waals surface area (Å²) >= 11 is 0. The standard InChI is InChI=1S/C13H26N2O4/c1-5-11(12(16)17)15(4)13(18)14-8-6-7-9-19-10(2)3/h10-11H,5-9H2,1-4H3,(H,14,18)(H,16,17). The van der Waals surface area contributed by atoms with E-state index < -0.39 is 12.0 Å². The molecule has 19 heavy (non-hydrogen) atoms. The summed E-state index contributed by atoms with van der Waals surface area (Å²) in [5, 5.41) is 11.7. The van der Waals surface area contributed by atoms with Crippen molar-refractivity contribution in [2.75, 3.05) is 20.2 Å². The number of carboxylic acid groups (broad SMARTS) is 1. The number of likely N-dealkylation sites (N-methyl/N-ethyl adjacent to an activating group) is 1. The summed E-state index contributed by atoms with van der Waals surface area (Å²) in [7, 11) is 1.50. The van der Waals surface area contributed by atoms with Gasteiger partial charge in [0.25, 0.3) is 0 Å². The first-order valence-electron chi connectivity index (χ1n) is 6.75. The van der Waals surface area contributed by atoms with Crippen LogP contribution in [-0.2, 0) is 9.53 Å². The number of carbonyl (C=O) groups excluding carboxylic acids is 1. The molecule has 2 amide bonds. The van der Waals surface area contributed by atoms with E-state index in [1.54, 1.807) is 6.92 Å². The fourth-order valence-corrected chi connectivity index (χ4v) is 1.62. The molecule has 0 radical (unpaired) electrons. The molecule has 0 aliphatic carbocycles. The number of carbonyl (C=O) groups is 2. The van der Waals surface area contributed by atoms with Gasteiger partial charge in [-0.25, -0.2) is 9.59 Å². The summed E-state index contributed by atoms with van der Waals surface area (Å²) in [6.45, 7) is 6.91. The number of hydrogen-bond donors (Lipinski definition) is 2. The summed E-state index contributed by atoms with van der Waals surface area (Å²) in [5.74, 6) is -0.981. The van der Waals surface area contributed by atoms with Gasteiger partial charge in [-0.15, -0.1) is 0 Å². The third-order valence-corrected chi connectivity index (χ3v) is 2.76. The van der Waals surface area contributed by atoms with Crippen LogP contribution in [0.1, 0.15) is 40.0 Å². The lowest BCUT2D eigenvalue weighted by Crippen LogP contribution is -2.47. The molecule has 112 valence electrons. The quantitative estimate of drug-likeness (QED) is 0.627. The topological polar surface area (TPSA) is 78.9 Å². The summed E-state index contributed by atoms with van der Waals surface area (Å²) in [6, 6.07) is -1.12. The van der Waals surface area contributed by atoms with Crippen LogP contribution in [0.2, 0.25) is 0 Å². The van der Waals surface area contributed by atoms with Gasteiger partial charge in [0.15, 0.2) is 0 Å². The molecule has 0 saturated heterocycles. The first-order valence-corrected chi connectivity index (χ1v) is 6.75. The van der Waals surface area contributed by atoms with Crippen molar-refractivity contribution < 1.29 is 19.4 Å². The fraction of sp³-hybridized carbons (Fsp3) is 0.846. The Hall–Kier alpha value is -1.30. The number of aliphatic carboxylic acids is 1. The van der Waals surface area contributed by atoms with Crippen molar-refractivity contribution in [2.45, 2.75) is 52.2 Å². The first-order chi connectivity index (χ1) is 8.90. The van der Waals surface area contributed by atoms with Crippen molar-refractivity contribution in [3.05, 3.63) is 0 Å². The maximum Gasteiger partial charge on any atom is 0.326 e. The summed E-state index contributed by atoms with van der Waals surface area (Å²) in [5.41, 5.74) is 0. The van der Waals surface area contributed by atoms with Gasteiger partial charge in [-0.2, -0.15) is 0 Å². The van der Waals surface area contributed by atoms with Crippen LogP contribution < -0.4 is 5.32 Å². The van der Waals surface area contributed by atoms with Crippen molar-refractivity contribution in [3.8, 4) is 0 Å². The number of ether oxygens (including phenoxy) is 1. The maximum absolute atomic E-state index is 11.7. The van der Waals surface area contributed by atoms with Gasteiger partial charge >= 0.3 is 12.0 Å². The highest BCUT2D eigenvalue weighted by molar-refractivity contribution is 5.82. The predicted molar refractivity (Wildman–Crippen MR) is 73.2 cm³/mol. The molecule has 0 spiro atoms. The van der Waals surface area contributed by atoms with Crippen LogP contribution in [0.25, 0.3) is 0 Å². The van der Waals surface area contributed by atoms with Crippen molar-refractivity contribution in [2.24, 2.45) is 0 Å². The van der Waals surface area contributed by atoms with E-state index in [1.807, 2.05) is 13.8 Å². The minimum atomic E-state index is -0.981. The molecule has 0 rings (SSSR count). The molecule has 1 atom stereocenters. The number of urea groups is 1. The third-order valence-electron chi connectivity index (χ3n) is 2.76. The molecule has 6 heteroatoms. The van der Waals surface area contributed by atoms with Gasteiger partial charge in [0.1, 0.15) is 6.04 Å². The smallest absolute Gasteiger partial charge is 0.326 e. The molecule has 0 heterocycles. The number of hydrogen-bond acceptors (Lipinski definition) is 3. The van der Waals surface area contributed by atoms with Crippen molar-refractivity contribution in [1.82, 2.24) is 10.2 Å². The lowest BCUT2D eigenvalue weighted by molar-refractivity contribution is -0.141.